The number of carbonyl (C=O) groups excluding carboxylic acids is 1. The van der Waals surface area contributed by atoms with Gasteiger partial charge in [0.2, 0.25) is 5.91 Å². The van der Waals surface area contributed by atoms with Crippen molar-refractivity contribution in [1.82, 2.24) is 15.5 Å². The van der Waals surface area contributed by atoms with Gasteiger partial charge < -0.3 is 10.6 Å². The molecule has 0 unspecified atom stereocenters. The molecule has 0 saturated carbocycles. The van der Waals surface area contributed by atoms with Crippen LogP contribution in [0.15, 0.2) is 36.4 Å². The van der Waals surface area contributed by atoms with Gasteiger partial charge in [0.1, 0.15) is 11.6 Å². The molecule has 7 heteroatoms. The van der Waals surface area contributed by atoms with Gasteiger partial charge in [-0.1, -0.05) is 18.2 Å². The average molecular weight is 368 g/mol. The van der Waals surface area contributed by atoms with Crippen molar-refractivity contribution in [1.29, 1.82) is 0 Å². The first kappa shape index (κ1) is 17.4. The summed E-state index contributed by atoms with van der Waals surface area (Å²) in [5.74, 6) is -1.06. The monoisotopic (exact) mass is 368 g/mol. The molecule has 3 N–H and O–H groups in total. The maximum atomic E-state index is 14.3. The lowest BCUT2D eigenvalue weighted by Crippen LogP contribution is -2.35. The number of benzene rings is 2. The third-order valence-electron chi connectivity index (χ3n) is 4.62. The number of nitrogens with zero attached hydrogens (tertiary/aromatic N) is 1. The van der Waals surface area contributed by atoms with Gasteiger partial charge in [0.05, 0.1) is 22.9 Å². The van der Waals surface area contributed by atoms with Crippen molar-refractivity contribution in [2.24, 2.45) is 0 Å². The summed E-state index contributed by atoms with van der Waals surface area (Å²) in [4.78, 5) is 12.3. The van der Waals surface area contributed by atoms with E-state index in [4.69, 9.17) is 0 Å². The molecule has 0 spiro atoms. The van der Waals surface area contributed by atoms with Crippen LogP contribution in [-0.2, 0) is 4.79 Å². The van der Waals surface area contributed by atoms with Crippen LogP contribution in [0, 0.1) is 11.6 Å². The van der Waals surface area contributed by atoms with Crippen LogP contribution in [0.5, 0.6) is 0 Å². The molecule has 0 aliphatic carbocycles. The molecule has 5 nitrogen and oxygen atoms in total. The van der Waals surface area contributed by atoms with Crippen molar-refractivity contribution < 1.29 is 13.6 Å². The van der Waals surface area contributed by atoms with Crippen molar-refractivity contribution in [3.05, 3.63) is 59.3 Å². The van der Waals surface area contributed by atoms with Crippen molar-refractivity contribution in [2.45, 2.75) is 18.9 Å². The summed E-state index contributed by atoms with van der Waals surface area (Å²) >= 11 is 0. The van der Waals surface area contributed by atoms with E-state index in [9.17, 15) is 13.6 Å². The zero-order valence-corrected chi connectivity index (χ0v) is 14.4. The van der Waals surface area contributed by atoms with Crippen LogP contribution in [-0.4, -0.2) is 28.7 Å². The lowest BCUT2D eigenvalue weighted by atomic mass is 10.1. The minimum absolute atomic E-state index is 0.124. The van der Waals surface area contributed by atoms with E-state index in [1.165, 1.54) is 18.2 Å². The molecule has 138 valence electrons. The molecule has 2 aromatic carbocycles. The Morgan fingerprint density at radius 3 is 2.74 bits per heavy atom. The molecule has 0 radical (unpaired) electrons. The maximum Gasteiger partial charge on any atom is 0.241 e. The Bertz CT molecular complexity index is 1000. The molecule has 0 bridgehead atoms. The van der Waals surface area contributed by atoms with Gasteiger partial charge in [-0.05, 0) is 49.2 Å². The first-order valence-electron chi connectivity index (χ1n) is 8.76. The lowest BCUT2D eigenvalue weighted by molar-refractivity contribution is -0.117. The van der Waals surface area contributed by atoms with Crippen LogP contribution in [0.1, 0.15) is 24.1 Å². The summed E-state index contributed by atoms with van der Waals surface area (Å²) in [6, 6.07) is 8.66. The van der Waals surface area contributed by atoms with Crippen LogP contribution in [0.3, 0.4) is 0 Å². The number of hydrogen-bond donors (Lipinski definition) is 3. The van der Waals surface area contributed by atoms with Crippen LogP contribution < -0.4 is 10.6 Å². The van der Waals surface area contributed by atoms with Gasteiger partial charge in [-0.2, -0.15) is 5.10 Å². The topological polar surface area (TPSA) is 69.8 Å². The Balaban J connectivity index is 1.61. The number of rotatable bonds is 4. The molecule has 4 rings (SSSR count). The highest BCUT2D eigenvalue weighted by Crippen LogP contribution is 2.26. The van der Waals surface area contributed by atoms with E-state index < -0.39 is 5.82 Å². The first-order chi connectivity index (χ1) is 13.1. The summed E-state index contributed by atoms with van der Waals surface area (Å²) in [7, 11) is 0. The van der Waals surface area contributed by atoms with Crippen molar-refractivity contribution in [2.75, 3.05) is 11.9 Å². The zero-order chi connectivity index (χ0) is 18.8. The van der Waals surface area contributed by atoms with E-state index in [1.807, 2.05) is 0 Å². The molecule has 1 fully saturated rings. The second-order valence-corrected chi connectivity index (χ2v) is 6.51. The molecular formula is C20H18F2N4O. The SMILES string of the molecule is O=C(Nc1cc2c(C=Cc3ccc(F)cc3)n[nH]c2cc1F)[C@@H]1CCCN1. The first-order valence-corrected chi connectivity index (χ1v) is 8.76. The number of halogens is 2. The number of fused-ring (bicyclic) bond motifs is 1. The number of carbonyl (C=O) groups is 1. The van der Waals surface area contributed by atoms with E-state index >= 15 is 0 Å². The van der Waals surface area contributed by atoms with Gasteiger partial charge in [0.15, 0.2) is 0 Å². The molecule has 1 aliphatic heterocycles. The summed E-state index contributed by atoms with van der Waals surface area (Å²) < 4.78 is 27.3. The van der Waals surface area contributed by atoms with Crippen LogP contribution in [0.4, 0.5) is 14.5 Å². The number of anilines is 1. The molecular weight excluding hydrogens is 350 g/mol. The maximum absolute atomic E-state index is 14.3. The summed E-state index contributed by atoms with van der Waals surface area (Å²) in [6.07, 6.45) is 5.22. The number of nitrogens with one attached hydrogen (secondary N) is 3. The smallest absolute Gasteiger partial charge is 0.241 e. The molecule has 1 atom stereocenters. The predicted molar refractivity (Wildman–Crippen MR) is 101 cm³/mol. The number of amides is 1. The van der Waals surface area contributed by atoms with Crippen LogP contribution >= 0.6 is 0 Å². The normalized spacial score (nSPS) is 17.0. The molecule has 1 amide bonds. The zero-order valence-electron chi connectivity index (χ0n) is 14.4. The predicted octanol–water partition coefficient (Wildman–Crippen LogP) is 3.70. The van der Waals surface area contributed by atoms with E-state index in [0.717, 1.165) is 24.9 Å². The number of aromatic amines is 1. The quantitative estimate of drug-likeness (QED) is 0.658. The lowest BCUT2D eigenvalue weighted by Gasteiger charge is -2.11. The molecule has 27 heavy (non-hydrogen) atoms. The van der Waals surface area contributed by atoms with Gasteiger partial charge >= 0.3 is 0 Å². The Kier molecular flexibility index (Phi) is 4.68. The van der Waals surface area contributed by atoms with E-state index in [2.05, 4.69) is 20.8 Å². The van der Waals surface area contributed by atoms with E-state index in [1.54, 1.807) is 30.4 Å². The largest absolute Gasteiger partial charge is 0.322 e. The Morgan fingerprint density at radius 2 is 2.00 bits per heavy atom. The van der Waals surface area contributed by atoms with Crippen molar-refractivity contribution in [3.8, 4) is 0 Å². The van der Waals surface area contributed by atoms with E-state index in [-0.39, 0.29) is 23.5 Å². The number of hydrogen-bond acceptors (Lipinski definition) is 3. The summed E-state index contributed by atoms with van der Waals surface area (Å²) in [5, 5.41) is 13.4. The molecule has 1 aromatic heterocycles. The van der Waals surface area contributed by atoms with Gasteiger partial charge in [0, 0.05) is 11.5 Å². The molecule has 1 aliphatic rings. The molecule has 1 saturated heterocycles. The second-order valence-electron chi connectivity index (χ2n) is 6.51. The van der Waals surface area contributed by atoms with Gasteiger partial charge in [-0.15, -0.1) is 0 Å². The Labute approximate surface area is 154 Å². The van der Waals surface area contributed by atoms with Gasteiger partial charge in [0.25, 0.3) is 0 Å². The highest BCUT2D eigenvalue weighted by Gasteiger charge is 2.23. The van der Waals surface area contributed by atoms with Crippen LogP contribution in [0.2, 0.25) is 0 Å². The van der Waals surface area contributed by atoms with Gasteiger partial charge in [-0.25, -0.2) is 8.78 Å². The van der Waals surface area contributed by atoms with E-state index in [0.29, 0.717) is 16.6 Å². The van der Waals surface area contributed by atoms with Crippen molar-refractivity contribution in [3.63, 3.8) is 0 Å². The number of aromatic nitrogens is 2. The fraction of sp³-hybridized carbons (Fsp3) is 0.200. The van der Waals surface area contributed by atoms with Gasteiger partial charge in [-0.3, -0.25) is 9.89 Å². The third kappa shape index (κ3) is 3.73. The minimum Gasteiger partial charge on any atom is -0.322 e. The second kappa shape index (κ2) is 7.28. The average Bonchev–Trinajstić information content (AvgIpc) is 3.32. The van der Waals surface area contributed by atoms with Crippen molar-refractivity contribution >= 4 is 34.6 Å². The highest BCUT2D eigenvalue weighted by molar-refractivity contribution is 5.98. The fourth-order valence-corrected chi connectivity index (χ4v) is 3.16. The fourth-order valence-electron chi connectivity index (χ4n) is 3.16. The minimum atomic E-state index is -0.522. The Hall–Kier alpha value is -3.06. The summed E-state index contributed by atoms with van der Waals surface area (Å²) in [5.41, 5.74) is 2.07. The van der Waals surface area contributed by atoms with Crippen LogP contribution in [0.25, 0.3) is 23.1 Å². The third-order valence-corrected chi connectivity index (χ3v) is 4.62. The number of H-pyrrole nitrogens is 1. The standard InChI is InChI=1S/C20H18F2N4O/c21-13-6-3-12(4-7-13)5-8-16-14-10-19(15(22)11-18(14)26-25-16)24-20(27)17-2-1-9-23-17/h3-8,10-11,17,23H,1-2,9H2,(H,24,27)(H,25,26)/t17-/m0/s1. The molecule has 2 heterocycles. The summed E-state index contributed by atoms with van der Waals surface area (Å²) in [6.45, 7) is 0.791. The molecule has 3 aromatic rings. The highest BCUT2D eigenvalue weighted by atomic mass is 19.1. The Morgan fingerprint density at radius 1 is 1.19 bits per heavy atom.